The highest BCUT2D eigenvalue weighted by atomic mass is 79.9. The second-order valence-corrected chi connectivity index (χ2v) is 6.67. The van der Waals surface area contributed by atoms with E-state index in [1.165, 1.54) is 11.3 Å². The maximum absolute atomic E-state index is 12.0. The zero-order valence-electron chi connectivity index (χ0n) is 8.54. The van der Waals surface area contributed by atoms with Crippen LogP contribution >= 0.6 is 50.5 Å². The first-order valence-corrected chi connectivity index (χ1v) is 7.15. The SMILES string of the molecule is O=C(Cc1cccc(Br)c1)c1cc(Cl)sc1Cl. The number of thiophene rings is 1. The van der Waals surface area contributed by atoms with Crippen molar-refractivity contribution in [3.8, 4) is 0 Å². The number of hydrogen-bond acceptors (Lipinski definition) is 2. The molecule has 0 spiro atoms. The van der Waals surface area contributed by atoms with Gasteiger partial charge in [0.15, 0.2) is 5.78 Å². The molecule has 0 unspecified atom stereocenters. The van der Waals surface area contributed by atoms with Crippen molar-refractivity contribution in [2.24, 2.45) is 0 Å². The van der Waals surface area contributed by atoms with E-state index in [2.05, 4.69) is 15.9 Å². The number of ketones is 1. The maximum atomic E-state index is 12.0. The van der Waals surface area contributed by atoms with Gasteiger partial charge in [0.05, 0.1) is 4.34 Å². The molecule has 0 saturated carbocycles. The third-order valence-corrected chi connectivity index (χ3v) is 4.19. The summed E-state index contributed by atoms with van der Waals surface area (Å²) in [5.41, 5.74) is 1.45. The summed E-state index contributed by atoms with van der Waals surface area (Å²) < 4.78 is 1.94. The van der Waals surface area contributed by atoms with Gasteiger partial charge >= 0.3 is 0 Å². The lowest BCUT2D eigenvalue weighted by Gasteiger charge is -2.00. The minimum atomic E-state index is -0.0174. The van der Waals surface area contributed by atoms with Crippen molar-refractivity contribution in [1.29, 1.82) is 0 Å². The van der Waals surface area contributed by atoms with E-state index in [1.807, 2.05) is 24.3 Å². The van der Waals surface area contributed by atoms with Crippen LogP contribution in [0.2, 0.25) is 8.67 Å². The van der Waals surface area contributed by atoms with E-state index in [-0.39, 0.29) is 5.78 Å². The van der Waals surface area contributed by atoms with Gasteiger partial charge in [-0.1, -0.05) is 51.3 Å². The molecule has 2 aromatic rings. The summed E-state index contributed by atoms with van der Waals surface area (Å²) in [6, 6.07) is 9.26. The number of carbonyl (C=O) groups excluding carboxylic acids is 1. The van der Waals surface area contributed by atoms with Gasteiger partial charge in [-0.25, -0.2) is 0 Å². The average molecular weight is 350 g/mol. The lowest BCUT2D eigenvalue weighted by molar-refractivity contribution is 0.0993. The molecular formula is C12H7BrCl2OS. The Morgan fingerprint density at radius 2 is 2.06 bits per heavy atom. The van der Waals surface area contributed by atoms with Crippen molar-refractivity contribution < 1.29 is 4.79 Å². The Labute approximate surface area is 121 Å². The van der Waals surface area contributed by atoms with Crippen molar-refractivity contribution in [2.45, 2.75) is 6.42 Å². The molecule has 2 rings (SSSR count). The number of carbonyl (C=O) groups is 1. The van der Waals surface area contributed by atoms with Gasteiger partial charge in [-0.2, -0.15) is 0 Å². The highest BCUT2D eigenvalue weighted by Gasteiger charge is 2.14. The molecular weight excluding hydrogens is 343 g/mol. The molecule has 0 atom stereocenters. The number of halogens is 3. The summed E-state index contributed by atoms with van der Waals surface area (Å²) in [5, 5.41) is 0. The number of benzene rings is 1. The Hall–Kier alpha value is -0.350. The van der Waals surface area contributed by atoms with Crippen LogP contribution in [-0.4, -0.2) is 5.78 Å². The molecule has 17 heavy (non-hydrogen) atoms. The quantitative estimate of drug-likeness (QED) is 0.692. The van der Waals surface area contributed by atoms with Gasteiger partial charge in [-0.3, -0.25) is 4.79 Å². The van der Waals surface area contributed by atoms with Crippen LogP contribution in [0.3, 0.4) is 0 Å². The van der Waals surface area contributed by atoms with Crippen LogP contribution < -0.4 is 0 Å². The second kappa shape index (κ2) is 5.53. The summed E-state index contributed by atoms with van der Waals surface area (Å²) in [4.78, 5) is 12.0. The van der Waals surface area contributed by atoms with Crippen LogP contribution in [0.5, 0.6) is 0 Å². The minimum Gasteiger partial charge on any atom is -0.294 e. The van der Waals surface area contributed by atoms with Crippen molar-refractivity contribution in [3.05, 3.63) is 54.6 Å². The largest absolute Gasteiger partial charge is 0.294 e. The average Bonchev–Trinajstić information content (AvgIpc) is 2.58. The third-order valence-electron chi connectivity index (χ3n) is 2.21. The molecule has 0 aliphatic heterocycles. The van der Waals surface area contributed by atoms with Crippen LogP contribution in [0.4, 0.5) is 0 Å². The molecule has 0 saturated heterocycles. The van der Waals surface area contributed by atoms with Gasteiger partial charge in [0.2, 0.25) is 0 Å². The molecule has 1 aromatic carbocycles. The molecule has 0 amide bonds. The number of hydrogen-bond donors (Lipinski definition) is 0. The molecule has 0 aliphatic rings. The topological polar surface area (TPSA) is 17.1 Å². The predicted octanol–water partition coefficient (Wildman–Crippen LogP) is 5.24. The van der Waals surface area contributed by atoms with Crippen molar-refractivity contribution in [3.63, 3.8) is 0 Å². The standard InChI is InChI=1S/C12H7BrCl2OS/c13-8-3-1-2-7(4-8)5-10(16)9-6-11(14)17-12(9)15/h1-4,6H,5H2. The van der Waals surface area contributed by atoms with Crippen LogP contribution in [0.15, 0.2) is 34.8 Å². The van der Waals surface area contributed by atoms with Gasteiger partial charge in [-0.05, 0) is 23.8 Å². The summed E-state index contributed by atoms with van der Waals surface area (Å²) in [5.74, 6) is -0.0174. The first-order chi connectivity index (χ1) is 8.06. The van der Waals surface area contributed by atoms with Gasteiger partial charge in [-0.15, -0.1) is 11.3 Å². The molecule has 88 valence electrons. The van der Waals surface area contributed by atoms with Gasteiger partial charge < -0.3 is 0 Å². The zero-order chi connectivity index (χ0) is 12.4. The van der Waals surface area contributed by atoms with Crippen LogP contribution in [-0.2, 0) is 6.42 Å². The second-order valence-electron chi connectivity index (χ2n) is 3.47. The Bertz CT molecular complexity index is 565. The Kier molecular flexibility index (Phi) is 4.26. The molecule has 1 heterocycles. The van der Waals surface area contributed by atoms with E-state index in [9.17, 15) is 4.79 Å². The van der Waals surface area contributed by atoms with Crippen LogP contribution in [0.1, 0.15) is 15.9 Å². The van der Waals surface area contributed by atoms with Gasteiger partial charge in [0.25, 0.3) is 0 Å². The number of rotatable bonds is 3. The summed E-state index contributed by atoms with van der Waals surface area (Å²) in [7, 11) is 0. The molecule has 5 heteroatoms. The van der Waals surface area contributed by atoms with Gasteiger partial charge in [0.1, 0.15) is 4.34 Å². The molecule has 0 aliphatic carbocycles. The van der Waals surface area contributed by atoms with E-state index < -0.39 is 0 Å². The van der Waals surface area contributed by atoms with Crippen molar-refractivity contribution >= 4 is 56.3 Å². The fraction of sp³-hybridized carbons (Fsp3) is 0.0833. The highest BCUT2D eigenvalue weighted by molar-refractivity contribution is 9.10. The molecule has 1 aromatic heterocycles. The van der Waals surface area contributed by atoms with E-state index in [1.54, 1.807) is 6.07 Å². The third kappa shape index (κ3) is 3.32. The molecule has 1 nitrogen and oxygen atoms in total. The van der Waals surface area contributed by atoms with E-state index in [0.29, 0.717) is 20.7 Å². The van der Waals surface area contributed by atoms with Crippen LogP contribution in [0, 0.1) is 0 Å². The zero-order valence-corrected chi connectivity index (χ0v) is 12.5. The maximum Gasteiger partial charge on any atom is 0.169 e. The molecule has 0 bridgehead atoms. The fourth-order valence-electron chi connectivity index (χ4n) is 1.46. The Morgan fingerprint density at radius 3 is 2.65 bits per heavy atom. The van der Waals surface area contributed by atoms with E-state index in [0.717, 1.165) is 10.0 Å². The highest BCUT2D eigenvalue weighted by Crippen LogP contribution is 2.32. The summed E-state index contributed by atoms with van der Waals surface area (Å²) in [6.45, 7) is 0. The lowest BCUT2D eigenvalue weighted by Crippen LogP contribution is -2.02. The Morgan fingerprint density at radius 1 is 1.29 bits per heavy atom. The monoisotopic (exact) mass is 348 g/mol. The summed E-state index contributed by atoms with van der Waals surface area (Å²) >= 11 is 16.3. The van der Waals surface area contributed by atoms with E-state index in [4.69, 9.17) is 23.2 Å². The van der Waals surface area contributed by atoms with Gasteiger partial charge in [0, 0.05) is 16.5 Å². The molecule has 0 N–H and O–H groups in total. The minimum absolute atomic E-state index is 0.0174. The molecule has 0 radical (unpaired) electrons. The first kappa shape index (κ1) is 13.1. The fourth-order valence-corrected chi connectivity index (χ4v) is 3.40. The van der Waals surface area contributed by atoms with Crippen LogP contribution in [0.25, 0.3) is 0 Å². The summed E-state index contributed by atoms with van der Waals surface area (Å²) in [6.07, 6.45) is 0.326. The normalized spacial score (nSPS) is 10.5. The Balaban J connectivity index is 2.20. The predicted molar refractivity (Wildman–Crippen MR) is 76.5 cm³/mol. The van der Waals surface area contributed by atoms with E-state index >= 15 is 0 Å². The van der Waals surface area contributed by atoms with Crippen molar-refractivity contribution in [1.82, 2.24) is 0 Å². The smallest absolute Gasteiger partial charge is 0.169 e. The number of Topliss-reactive ketones (excluding diaryl/α,β-unsaturated/α-hetero) is 1. The molecule has 0 fully saturated rings. The lowest BCUT2D eigenvalue weighted by atomic mass is 10.1. The first-order valence-electron chi connectivity index (χ1n) is 4.79. The van der Waals surface area contributed by atoms with Crippen molar-refractivity contribution in [2.75, 3.05) is 0 Å².